The van der Waals surface area contributed by atoms with E-state index in [0.29, 0.717) is 17.1 Å². The first-order valence-electron chi connectivity index (χ1n) is 9.61. The zero-order chi connectivity index (χ0) is 23.0. The summed E-state index contributed by atoms with van der Waals surface area (Å²) in [7, 11) is 1.58. The molecule has 0 bridgehead atoms. The van der Waals surface area contributed by atoms with Gasteiger partial charge in [-0.15, -0.1) is 11.3 Å². The largest absolute Gasteiger partial charge is 0.497 e. The van der Waals surface area contributed by atoms with E-state index in [-0.39, 0.29) is 33.7 Å². The van der Waals surface area contributed by atoms with Crippen LogP contribution in [0.5, 0.6) is 11.5 Å². The van der Waals surface area contributed by atoms with Gasteiger partial charge in [-0.3, -0.25) is 9.59 Å². The normalized spacial score (nSPS) is 14.2. The summed E-state index contributed by atoms with van der Waals surface area (Å²) in [4.78, 5) is 38.3. The highest BCUT2D eigenvalue weighted by Crippen LogP contribution is 2.37. The predicted octanol–water partition coefficient (Wildman–Crippen LogP) is 4.98. The Morgan fingerprint density at radius 3 is 2.69 bits per heavy atom. The highest BCUT2D eigenvalue weighted by atomic mass is 35.5. The monoisotopic (exact) mass is 471 g/mol. The Hall–Kier alpha value is -3.36. The van der Waals surface area contributed by atoms with Crippen LogP contribution < -0.4 is 14.4 Å². The molecule has 164 valence electrons. The molecule has 1 unspecified atom stereocenters. The molecule has 4 rings (SSSR count). The van der Waals surface area contributed by atoms with Gasteiger partial charge in [-0.25, -0.2) is 9.69 Å². The van der Waals surface area contributed by atoms with Crippen molar-refractivity contribution >= 4 is 46.4 Å². The van der Waals surface area contributed by atoms with E-state index < -0.39 is 17.8 Å². The molecule has 1 aliphatic heterocycles. The quantitative estimate of drug-likeness (QED) is 0.510. The lowest BCUT2D eigenvalue weighted by Crippen LogP contribution is -2.42. The van der Waals surface area contributed by atoms with E-state index in [2.05, 4.69) is 0 Å². The molecule has 0 aliphatic carbocycles. The summed E-state index contributed by atoms with van der Waals surface area (Å²) in [6.07, 6.45) is -0.444. The number of nitrogens with zero attached hydrogens (tertiary/aromatic N) is 1. The van der Waals surface area contributed by atoms with E-state index >= 15 is 0 Å². The number of carboxylic acids is 1. The molecule has 0 radical (unpaired) electrons. The number of imide groups is 1. The maximum atomic E-state index is 13.1. The third-order valence-electron chi connectivity index (χ3n) is 5.10. The number of benzene rings is 2. The highest BCUT2D eigenvalue weighted by Gasteiger charge is 2.37. The molecule has 3 aromatic rings. The Morgan fingerprint density at radius 2 is 1.97 bits per heavy atom. The zero-order valence-corrected chi connectivity index (χ0v) is 18.7. The van der Waals surface area contributed by atoms with Gasteiger partial charge >= 0.3 is 5.97 Å². The standard InChI is InChI=1S/C23H18ClNO6S/c1-12(13-4-3-5-15(8-13)30-2)31-16-6-7-17(24)18(10-16)25-19(26)9-14-11-32-21(23(28)29)20(14)22(25)27/h3-8,10-12H,9H2,1-2H3,(H,28,29). The Bertz CT molecular complexity index is 1240. The van der Waals surface area contributed by atoms with Gasteiger partial charge in [0.2, 0.25) is 5.91 Å². The molecular weight excluding hydrogens is 454 g/mol. The minimum absolute atomic E-state index is 0.0224. The van der Waals surface area contributed by atoms with E-state index in [9.17, 15) is 19.5 Å². The fourth-order valence-electron chi connectivity index (χ4n) is 3.53. The average molecular weight is 472 g/mol. The molecule has 2 aromatic carbocycles. The summed E-state index contributed by atoms with van der Waals surface area (Å²) < 4.78 is 11.3. The van der Waals surface area contributed by atoms with Gasteiger partial charge in [0, 0.05) is 6.07 Å². The number of halogens is 1. The molecule has 9 heteroatoms. The number of rotatable bonds is 6. The number of carboxylic acid groups (broad SMARTS) is 1. The molecule has 1 aromatic heterocycles. The number of methoxy groups -OCH3 is 1. The molecule has 1 atom stereocenters. The molecule has 2 amide bonds. The third kappa shape index (κ3) is 3.94. The minimum Gasteiger partial charge on any atom is -0.497 e. The van der Waals surface area contributed by atoms with Crippen LogP contribution in [0.25, 0.3) is 0 Å². The summed E-state index contributed by atoms with van der Waals surface area (Å²) in [5, 5.41) is 11.1. The van der Waals surface area contributed by atoms with Gasteiger partial charge in [-0.1, -0.05) is 23.7 Å². The number of hydrogen-bond donors (Lipinski definition) is 1. The molecular formula is C23H18ClNO6S. The second-order valence-electron chi connectivity index (χ2n) is 7.13. The van der Waals surface area contributed by atoms with Crippen LogP contribution in [0.4, 0.5) is 5.69 Å². The van der Waals surface area contributed by atoms with Gasteiger partial charge < -0.3 is 14.6 Å². The van der Waals surface area contributed by atoms with Crippen molar-refractivity contribution in [3.05, 3.63) is 74.4 Å². The number of anilines is 1. The number of fused-ring (bicyclic) bond motifs is 1. The van der Waals surface area contributed by atoms with Crippen LogP contribution in [-0.4, -0.2) is 30.0 Å². The first-order chi connectivity index (χ1) is 15.3. The highest BCUT2D eigenvalue weighted by molar-refractivity contribution is 7.12. The van der Waals surface area contributed by atoms with Gasteiger partial charge in [0.05, 0.1) is 29.8 Å². The average Bonchev–Trinajstić information content (AvgIpc) is 3.20. The van der Waals surface area contributed by atoms with E-state index in [4.69, 9.17) is 21.1 Å². The number of aromatic carboxylic acids is 1. The van der Waals surface area contributed by atoms with Gasteiger partial charge in [-0.2, -0.15) is 0 Å². The summed E-state index contributed by atoms with van der Waals surface area (Å²) >= 11 is 7.25. The molecule has 0 spiro atoms. The molecule has 1 aliphatic rings. The van der Waals surface area contributed by atoms with Crippen LogP contribution in [0.1, 0.15) is 44.2 Å². The number of thiophene rings is 1. The molecule has 0 saturated carbocycles. The summed E-state index contributed by atoms with van der Waals surface area (Å²) in [5.74, 6) is -1.32. The van der Waals surface area contributed by atoms with Crippen molar-refractivity contribution in [3.8, 4) is 11.5 Å². The van der Waals surface area contributed by atoms with Gasteiger partial charge in [-0.05, 0) is 47.7 Å². The third-order valence-corrected chi connectivity index (χ3v) is 6.44. The number of ether oxygens (including phenoxy) is 2. The van der Waals surface area contributed by atoms with Gasteiger partial charge in [0.1, 0.15) is 22.5 Å². The first-order valence-corrected chi connectivity index (χ1v) is 10.9. The fourth-order valence-corrected chi connectivity index (χ4v) is 4.63. The molecule has 2 heterocycles. The molecule has 0 fully saturated rings. The predicted molar refractivity (Wildman–Crippen MR) is 120 cm³/mol. The van der Waals surface area contributed by atoms with Crippen molar-refractivity contribution in [1.29, 1.82) is 0 Å². The zero-order valence-electron chi connectivity index (χ0n) is 17.1. The van der Waals surface area contributed by atoms with Crippen molar-refractivity contribution in [2.45, 2.75) is 19.4 Å². The number of amides is 2. The Balaban J connectivity index is 1.66. The van der Waals surface area contributed by atoms with Crippen molar-refractivity contribution in [2.75, 3.05) is 12.0 Å². The van der Waals surface area contributed by atoms with Crippen molar-refractivity contribution < 1.29 is 29.0 Å². The van der Waals surface area contributed by atoms with Crippen LogP contribution in [0.15, 0.2) is 47.8 Å². The minimum atomic E-state index is -1.21. The van der Waals surface area contributed by atoms with Crippen molar-refractivity contribution in [1.82, 2.24) is 0 Å². The van der Waals surface area contributed by atoms with Crippen LogP contribution >= 0.6 is 22.9 Å². The van der Waals surface area contributed by atoms with E-state index in [1.165, 1.54) is 17.5 Å². The van der Waals surface area contributed by atoms with Crippen LogP contribution in [0.3, 0.4) is 0 Å². The number of hydrogen-bond acceptors (Lipinski definition) is 6. The molecule has 32 heavy (non-hydrogen) atoms. The van der Waals surface area contributed by atoms with Crippen molar-refractivity contribution in [3.63, 3.8) is 0 Å². The fraction of sp³-hybridized carbons (Fsp3) is 0.174. The molecule has 1 N–H and O–H groups in total. The number of carbonyl (C=O) groups is 3. The lowest BCUT2D eigenvalue weighted by Gasteiger charge is -2.27. The summed E-state index contributed by atoms with van der Waals surface area (Å²) in [5.41, 5.74) is 1.45. The maximum absolute atomic E-state index is 13.1. The van der Waals surface area contributed by atoms with Crippen LogP contribution in [-0.2, 0) is 11.2 Å². The first kappa shape index (κ1) is 21.9. The second-order valence-corrected chi connectivity index (χ2v) is 8.42. The Labute approximate surface area is 192 Å². The SMILES string of the molecule is COc1cccc(C(C)Oc2ccc(Cl)c(N3C(=O)Cc4csc(C(=O)O)c4C3=O)c2)c1. The summed E-state index contributed by atoms with van der Waals surface area (Å²) in [6.45, 7) is 1.86. The van der Waals surface area contributed by atoms with E-state index in [1.807, 2.05) is 31.2 Å². The van der Waals surface area contributed by atoms with Gasteiger partial charge in [0.15, 0.2) is 0 Å². The van der Waals surface area contributed by atoms with Gasteiger partial charge in [0.25, 0.3) is 5.91 Å². The maximum Gasteiger partial charge on any atom is 0.346 e. The Morgan fingerprint density at radius 1 is 1.19 bits per heavy atom. The smallest absolute Gasteiger partial charge is 0.346 e. The van der Waals surface area contributed by atoms with E-state index in [0.717, 1.165) is 21.8 Å². The van der Waals surface area contributed by atoms with Crippen LogP contribution in [0, 0.1) is 0 Å². The topological polar surface area (TPSA) is 93.1 Å². The Kier molecular flexibility index (Phi) is 5.90. The molecule has 0 saturated heterocycles. The second kappa shape index (κ2) is 8.64. The van der Waals surface area contributed by atoms with E-state index in [1.54, 1.807) is 13.2 Å². The lowest BCUT2D eigenvalue weighted by molar-refractivity contribution is -0.117. The summed E-state index contributed by atoms with van der Waals surface area (Å²) in [6, 6.07) is 12.1. The number of carbonyl (C=O) groups excluding carboxylic acids is 2. The lowest BCUT2D eigenvalue weighted by atomic mass is 10.0. The molecule has 7 nitrogen and oxygen atoms in total. The van der Waals surface area contributed by atoms with Crippen LogP contribution in [0.2, 0.25) is 5.02 Å². The van der Waals surface area contributed by atoms with Crippen molar-refractivity contribution in [2.24, 2.45) is 0 Å².